The second kappa shape index (κ2) is 8.79. The zero-order valence-corrected chi connectivity index (χ0v) is 22.7. The largest absolute Gasteiger partial charge is 0.330 e. The van der Waals surface area contributed by atoms with E-state index in [2.05, 4.69) is 157 Å². The normalized spacial score (nSPS) is 17.8. The minimum Gasteiger partial charge on any atom is -0.330 e. The van der Waals surface area contributed by atoms with Crippen LogP contribution >= 0.6 is 0 Å². The molecule has 2 heteroatoms. The maximum atomic E-state index is 2.46. The van der Waals surface area contributed by atoms with Gasteiger partial charge in [0.15, 0.2) is 0 Å². The van der Waals surface area contributed by atoms with Crippen LogP contribution in [0.4, 0.5) is 22.7 Å². The highest BCUT2D eigenvalue weighted by atomic mass is 15.2. The third-order valence-corrected chi connectivity index (χ3v) is 8.45. The van der Waals surface area contributed by atoms with Gasteiger partial charge in [-0.1, -0.05) is 77.9 Å². The Morgan fingerprint density at radius 1 is 0.650 bits per heavy atom. The molecule has 0 saturated carbocycles. The summed E-state index contributed by atoms with van der Waals surface area (Å²) in [5.41, 5.74) is 14.0. The van der Waals surface area contributed by atoms with Gasteiger partial charge in [-0.2, -0.15) is 4.58 Å². The smallest absolute Gasteiger partial charge is 0.219 e. The second-order valence-electron chi connectivity index (χ2n) is 11.0. The first kappa shape index (κ1) is 23.0. The Morgan fingerprint density at radius 2 is 1.35 bits per heavy atom. The van der Waals surface area contributed by atoms with E-state index in [9.17, 15) is 0 Å². The summed E-state index contributed by atoms with van der Waals surface area (Å²) >= 11 is 0. The number of para-hydroxylation sites is 2. The van der Waals surface area contributed by atoms with Gasteiger partial charge in [0, 0.05) is 41.2 Å². The van der Waals surface area contributed by atoms with Crippen molar-refractivity contribution in [2.24, 2.45) is 0 Å². The number of nitrogens with zero attached hydrogens (tertiary/aromatic N) is 2. The van der Waals surface area contributed by atoms with E-state index in [0.29, 0.717) is 0 Å². The summed E-state index contributed by atoms with van der Waals surface area (Å²) in [4.78, 5) is 2.46. The Hall–Kier alpha value is -4.95. The van der Waals surface area contributed by atoms with Crippen LogP contribution in [0.2, 0.25) is 0 Å². The number of aryl methyl sites for hydroxylation is 2. The Bertz CT molecular complexity index is 2010. The Morgan fingerprint density at radius 3 is 2.15 bits per heavy atom. The molecule has 0 radical (unpaired) electrons. The Kier molecular flexibility index (Phi) is 5.05. The summed E-state index contributed by atoms with van der Waals surface area (Å²) in [6.07, 6.45) is 7.07. The molecule has 2 nitrogen and oxygen atoms in total. The van der Waals surface area contributed by atoms with E-state index in [0.717, 1.165) is 0 Å². The van der Waals surface area contributed by atoms with Gasteiger partial charge in [-0.25, -0.2) is 0 Å². The average molecular weight is 514 g/mol. The summed E-state index contributed by atoms with van der Waals surface area (Å²) in [7, 11) is 0. The van der Waals surface area contributed by atoms with Gasteiger partial charge in [0.2, 0.25) is 16.7 Å². The molecule has 0 amide bonds. The van der Waals surface area contributed by atoms with Gasteiger partial charge in [-0.05, 0) is 72.7 Å². The first-order valence-corrected chi connectivity index (χ1v) is 14.0. The fraction of sp³-hybridized carbons (Fsp3) is 0.0789. The molecular weight excluding hydrogens is 484 g/mol. The molecule has 2 aliphatic heterocycles. The van der Waals surface area contributed by atoms with Crippen molar-refractivity contribution in [2.45, 2.75) is 19.9 Å². The van der Waals surface area contributed by atoms with E-state index in [1.54, 1.807) is 0 Å². The maximum absolute atomic E-state index is 2.46. The van der Waals surface area contributed by atoms with E-state index >= 15 is 0 Å². The van der Waals surface area contributed by atoms with Gasteiger partial charge < -0.3 is 4.90 Å². The van der Waals surface area contributed by atoms with Crippen molar-refractivity contribution in [3.63, 3.8) is 0 Å². The van der Waals surface area contributed by atoms with Crippen LogP contribution in [-0.4, -0.2) is 6.04 Å². The van der Waals surface area contributed by atoms with Crippen LogP contribution in [0.3, 0.4) is 0 Å². The Balaban J connectivity index is 1.30. The Labute approximate surface area is 234 Å². The summed E-state index contributed by atoms with van der Waals surface area (Å²) in [5.74, 6) is 0. The fourth-order valence-corrected chi connectivity index (χ4v) is 6.45. The van der Waals surface area contributed by atoms with Gasteiger partial charge in [0.05, 0.1) is 17.2 Å². The van der Waals surface area contributed by atoms with Crippen molar-refractivity contribution in [1.29, 1.82) is 0 Å². The topological polar surface area (TPSA) is 6.25 Å². The maximum Gasteiger partial charge on any atom is 0.219 e. The zero-order valence-electron chi connectivity index (χ0n) is 22.7. The number of allylic oxidation sites excluding steroid dienone is 2. The summed E-state index contributed by atoms with van der Waals surface area (Å²) in [6, 6.07) is 42.4. The van der Waals surface area contributed by atoms with Crippen LogP contribution in [0.1, 0.15) is 16.7 Å². The molecule has 1 aliphatic carbocycles. The van der Waals surface area contributed by atoms with Crippen molar-refractivity contribution in [3.8, 4) is 11.1 Å². The number of benzene rings is 5. The minimum absolute atomic E-state index is 0.191. The minimum atomic E-state index is 0.191. The molecule has 3 aliphatic rings. The van der Waals surface area contributed by atoms with Crippen LogP contribution in [-0.2, 0) is 0 Å². The quantitative estimate of drug-likeness (QED) is 0.215. The molecule has 5 aromatic rings. The predicted octanol–water partition coefficient (Wildman–Crippen LogP) is 7.76. The van der Waals surface area contributed by atoms with Gasteiger partial charge >= 0.3 is 0 Å². The van der Waals surface area contributed by atoms with Gasteiger partial charge in [-0.3, -0.25) is 0 Å². The molecule has 5 aromatic carbocycles. The number of hydrogen-bond acceptors (Lipinski definition) is 1. The summed E-state index contributed by atoms with van der Waals surface area (Å²) < 4.78 is 2.39. The highest BCUT2D eigenvalue weighted by Gasteiger charge is 2.35. The first-order chi connectivity index (χ1) is 19.7. The lowest BCUT2D eigenvalue weighted by atomic mass is 9.92. The van der Waals surface area contributed by atoms with Crippen molar-refractivity contribution in [1.82, 2.24) is 4.58 Å². The van der Waals surface area contributed by atoms with Crippen LogP contribution in [0.25, 0.3) is 22.3 Å². The van der Waals surface area contributed by atoms with Gasteiger partial charge in [0.1, 0.15) is 0 Å². The van der Waals surface area contributed by atoms with E-state index in [-0.39, 0.29) is 6.04 Å². The van der Waals surface area contributed by atoms with Crippen LogP contribution in [0.15, 0.2) is 133 Å². The van der Waals surface area contributed by atoms with Crippen LogP contribution < -0.4 is 20.1 Å². The van der Waals surface area contributed by atoms with E-state index in [1.807, 2.05) is 0 Å². The van der Waals surface area contributed by atoms with Crippen LogP contribution in [0, 0.1) is 13.8 Å². The highest BCUT2D eigenvalue weighted by molar-refractivity contribution is 5.99. The lowest BCUT2D eigenvalue weighted by Gasteiger charge is -2.27. The van der Waals surface area contributed by atoms with E-state index in [1.165, 1.54) is 72.3 Å². The van der Waals surface area contributed by atoms with Crippen molar-refractivity contribution < 1.29 is 0 Å². The molecule has 0 saturated heterocycles. The lowest BCUT2D eigenvalue weighted by molar-refractivity contribution is 0.996. The second-order valence-corrected chi connectivity index (χ2v) is 11.0. The fourth-order valence-electron chi connectivity index (χ4n) is 6.45. The molecule has 1 atom stereocenters. The standard InChI is InChI=1S/C38H29N2/c1-25-11-17-29(18-12-25)39-35-9-5-3-7-31(35)33-23-27(15-21-37(33)39)28-16-22-38-34(24-28)32-8-4-6-10-36(32)40(38)30-19-13-26(2)14-20-30/h3-24,37H,1-2H3/q+1. The van der Waals surface area contributed by atoms with Crippen molar-refractivity contribution in [2.75, 3.05) is 4.90 Å². The number of anilines is 2. The molecular formula is C38H29N2+. The molecule has 0 fully saturated rings. The van der Waals surface area contributed by atoms with Crippen LogP contribution in [0.5, 0.6) is 0 Å². The summed E-state index contributed by atoms with van der Waals surface area (Å²) in [6.45, 7) is 4.28. The number of fused-ring (bicyclic) bond motifs is 6. The predicted molar refractivity (Wildman–Crippen MR) is 167 cm³/mol. The lowest BCUT2D eigenvalue weighted by Crippen LogP contribution is -2.26. The third kappa shape index (κ3) is 3.46. The first-order valence-electron chi connectivity index (χ1n) is 14.0. The molecule has 8 rings (SSSR count). The SMILES string of the molecule is Cc1ccc(N2c3ccccc3C3=C/C(=c4/ccc5c(c4)-c4ccccc4[N+]=5c4ccc(C)cc4)C=CC32)cc1. The number of hydrogen-bond donors (Lipinski definition) is 0. The molecule has 0 spiro atoms. The highest BCUT2D eigenvalue weighted by Crippen LogP contribution is 2.47. The molecule has 1 unspecified atom stereocenters. The average Bonchev–Trinajstić information content (AvgIpc) is 3.50. The monoisotopic (exact) mass is 513 g/mol. The molecule has 40 heavy (non-hydrogen) atoms. The van der Waals surface area contributed by atoms with E-state index < -0.39 is 0 Å². The van der Waals surface area contributed by atoms with E-state index in [4.69, 9.17) is 0 Å². The molecule has 2 heterocycles. The number of rotatable bonds is 2. The van der Waals surface area contributed by atoms with Crippen molar-refractivity contribution in [3.05, 3.63) is 161 Å². The van der Waals surface area contributed by atoms with Gasteiger partial charge in [0.25, 0.3) is 0 Å². The molecule has 0 aromatic heterocycles. The molecule has 0 N–H and O–H groups in total. The molecule has 190 valence electrons. The zero-order chi connectivity index (χ0) is 26.8. The third-order valence-electron chi connectivity index (χ3n) is 8.45. The van der Waals surface area contributed by atoms with Crippen molar-refractivity contribution >= 4 is 33.9 Å². The molecule has 0 bridgehead atoms. The summed E-state index contributed by atoms with van der Waals surface area (Å²) in [5, 5.41) is 2.48. The van der Waals surface area contributed by atoms with Gasteiger partial charge in [-0.15, -0.1) is 0 Å².